The fourth-order valence-electron chi connectivity index (χ4n) is 6.01. The summed E-state index contributed by atoms with van der Waals surface area (Å²) in [5.41, 5.74) is 5.31. The molecule has 0 N–H and O–H groups in total. The Bertz CT molecular complexity index is 1920. The van der Waals surface area contributed by atoms with E-state index in [1.165, 1.54) is 35.4 Å². The number of carbonyl (C=O) groups excluding carboxylic acids is 1. The third-order valence-corrected chi connectivity index (χ3v) is 9.05. The minimum atomic E-state index is -0.804. The van der Waals surface area contributed by atoms with Gasteiger partial charge >= 0.3 is 5.97 Å². The predicted molar refractivity (Wildman–Crippen MR) is 173 cm³/mol. The van der Waals surface area contributed by atoms with E-state index >= 15 is 0 Å². The number of ether oxygens (including phenoxy) is 3. The van der Waals surface area contributed by atoms with Crippen LogP contribution in [0.2, 0.25) is 0 Å². The van der Waals surface area contributed by atoms with E-state index in [0.717, 1.165) is 24.2 Å². The summed E-state index contributed by atoms with van der Waals surface area (Å²) in [6, 6.07) is 20.5. The van der Waals surface area contributed by atoms with Gasteiger partial charge in [-0.25, -0.2) is 9.79 Å². The van der Waals surface area contributed by atoms with Crippen molar-refractivity contribution in [1.82, 2.24) is 4.57 Å². The normalized spacial score (nSPS) is 16.5. The second kappa shape index (κ2) is 12.5. The number of rotatable bonds is 8. The molecule has 1 saturated heterocycles. The first-order valence-corrected chi connectivity index (χ1v) is 15.6. The van der Waals surface area contributed by atoms with Crippen LogP contribution in [0.5, 0.6) is 11.5 Å². The molecule has 0 spiro atoms. The summed E-state index contributed by atoms with van der Waals surface area (Å²) in [6.45, 7) is 6.20. The molecule has 44 heavy (non-hydrogen) atoms. The molecule has 0 aliphatic carbocycles. The van der Waals surface area contributed by atoms with Gasteiger partial charge in [-0.2, -0.15) is 0 Å². The van der Waals surface area contributed by atoms with Crippen LogP contribution in [0.15, 0.2) is 82.1 Å². The number of fused-ring (bicyclic) bond motifs is 1. The summed E-state index contributed by atoms with van der Waals surface area (Å²) in [6.07, 6.45) is 4.33. The average molecular weight is 610 g/mol. The van der Waals surface area contributed by atoms with Gasteiger partial charge in [0.05, 0.1) is 42.7 Å². The highest BCUT2D eigenvalue weighted by molar-refractivity contribution is 7.07. The van der Waals surface area contributed by atoms with E-state index in [-0.39, 0.29) is 17.7 Å². The number of aromatic nitrogens is 1. The van der Waals surface area contributed by atoms with Gasteiger partial charge in [0.15, 0.2) is 16.3 Å². The number of thiazole rings is 1. The number of anilines is 1. The summed E-state index contributed by atoms with van der Waals surface area (Å²) in [7, 11) is 3.12. The molecule has 4 aromatic rings. The van der Waals surface area contributed by atoms with Gasteiger partial charge < -0.3 is 19.1 Å². The molecule has 1 atom stereocenters. The molecule has 0 bridgehead atoms. The molecule has 1 fully saturated rings. The highest BCUT2D eigenvalue weighted by Crippen LogP contribution is 2.38. The number of hydrogen-bond donors (Lipinski definition) is 0. The molecule has 3 aromatic carbocycles. The van der Waals surface area contributed by atoms with E-state index in [4.69, 9.17) is 19.2 Å². The molecule has 0 unspecified atom stereocenters. The van der Waals surface area contributed by atoms with Crippen molar-refractivity contribution in [2.45, 2.75) is 32.7 Å². The molecule has 2 aliphatic rings. The maximum absolute atomic E-state index is 14.3. The Morgan fingerprint density at radius 3 is 2.43 bits per heavy atom. The van der Waals surface area contributed by atoms with E-state index in [0.29, 0.717) is 32.1 Å². The summed E-state index contributed by atoms with van der Waals surface area (Å²) < 4.78 is 18.8. The quantitative estimate of drug-likeness (QED) is 0.266. The lowest BCUT2D eigenvalue weighted by atomic mass is 9.93. The van der Waals surface area contributed by atoms with Gasteiger partial charge in [0.25, 0.3) is 5.56 Å². The highest BCUT2D eigenvalue weighted by Gasteiger charge is 2.35. The van der Waals surface area contributed by atoms with E-state index in [9.17, 15) is 9.59 Å². The highest BCUT2D eigenvalue weighted by atomic mass is 32.1. The Balaban J connectivity index is 1.57. The fourth-order valence-corrected chi connectivity index (χ4v) is 7.01. The first-order chi connectivity index (χ1) is 21.4. The second-order valence-corrected chi connectivity index (χ2v) is 11.8. The van der Waals surface area contributed by atoms with Crippen LogP contribution in [0, 0.1) is 6.92 Å². The van der Waals surface area contributed by atoms with E-state index in [1.54, 1.807) is 37.8 Å². The largest absolute Gasteiger partial charge is 0.493 e. The van der Waals surface area contributed by atoms with Crippen LogP contribution >= 0.6 is 11.3 Å². The number of aryl methyl sites for hydroxylation is 1. The SMILES string of the molecule is CCOC(=O)C1=C(c2ccccc2)N=c2s/c(=C/c3ccc(N4CCCC4)c(C)c3)c(=O)n2[C@H]1c1ccc(OC)c(OC)c1. The zero-order valence-electron chi connectivity index (χ0n) is 25.3. The zero-order chi connectivity index (χ0) is 30.8. The van der Waals surface area contributed by atoms with Crippen molar-refractivity contribution in [1.29, 1.82) is 0 Å². The van der Waals surface area contributed by atoms with Crippen molar-refractivity contribution in [3.8, 4) is 11.5 Å². The lowest BCUT2D eigenvalue weighted by Gasteiger charge is -2.26. The van der Waals surface area contributed by atoms with E-state index in [1.807, 2.05) is 42.5 Å². The molecule has 3 heterocycles. The van der Waals surface area contributed by atoms with Crippen LogP contribution < -0.4 is 29.3 Å². The molecule has 8 nitrogen and oxygen atoms in total. The third-order valence-electron chi connectivity index (χ3n) is 8.06. The maximum atomic E-state index is 14.3. The van der Waals surface area contributed by atoms with E-state index in [2.05, 4.69) is 30.0 Å². The van der Waals surface area contributed by atoms with Crippen LogP contribution in [-0.4, -0.2) is 44.5 Å². The molecule has 6 rings (SSSR count). The van der Waals surface area contributed by atoms with Crippen LogP contribution in [0.25, 0.3) is 11.8 Å². The summed E-state index contributed by atoms with van der Waals surface area (Å²) in [5.74, 6) is 0.501. The molecular weight excluding hydrogens is 574 g/mol. The van der Waals surface area contributed by atoms with Crippen molar-refractivity contribution >= 4 is 34.8 Å². The molecule has 9 heteroatoms. The molecular formula is C35H35N3O5S. The topological polar surface area (TPSA) is 82.4 Å². The zero-order valence-corrected chi connectivity index (χ0v) is 26.1. The van der Waals surface area contributed by atoms with Gasteiger partial charge in [0, 0.05) is 24.3 Å². The number of methoxy groups -OCH3 is 2. The summed E-state index contributed by atoms with van der Waals surface area (Å²) in [4.78, 5) is 35.8. The Morgan fingerprint density at radius 1 is 1.00 bits per heavy atom. The first kappa shape index (κ1) is 29.4. The number of nitrogens with zero attached hydrogens (tertiary/aromatic N) is 3. The van der Waals surface area contributed by atoms with Crippen LogP contribution in [0.4, 0.5) is 5.69 Å². The van der Waals surface area contributed by atoms with Gasteiger partial charge in [0.2, 0.25) is 0 Å². The average Bonchev–Trinajstić information content (AvgIpc) is 3.68. The molecule has 226 valence electrons. The van der Waals surface area contributed by atoms with Gasteiger partial charge in [-0.05, 0) is 73.7 Å². The minimum absolute atomic E-state index is 0.181. The van der Waals surface area contributed by atoms with Crippen molar-refractivity contribution in [2.24, 2.45) is 4.99 Å². The maximum Gasteiger partial charge on any atom is 0.338 e. The fraction of sp³-hybridized carbons (Fsp3) is 0.286. The van der Waals surface area contributed by atoms with Gasteiger partial charge in [-0.3, -0.25) is 9.36 Å². The van der Waals surface area contributed by atoms with Crippen molar-refractivity contribution < 1.29 is 19.0 Å². The van der Waals surface area contributed by atoms with Crippen molar-refractivity contribution in [3.63, 3.8) is 0 Å². The lowest BCUT2D eigenvalue weighted by Crippen LogP contribution is -2.40. The molecule has 0 saturated carbocycles. The van der Waals surface area contributed by atoms with Crippen molar-refractivity contribution in [2.75, 3.05) is 38.8 Å². The Kier molecular flexibility index (Phi) is 8.39. The molecule has 0 amide bonds. The smallest absolute Gasteiger partial charge is 0.338 e. The Morgan fingerprint density at radius 2 is 1.75 bits per heavy atom. The Labute approximate surface area is 260 Å². The summed E-state index contributed by atoms with van der Waals surface area (Å²) in [5, 5.41) is 0. The van der Waals surface area contributed by atoms with Crippen LogP contribution in [0.1, 0.15) is 48.1 Å². The van der Waals surface area contributed by atoms with Gasteiger partial charge in [-0.15, -0.1) is 0 Å². The van der Waals surface area contributed by atoms with E-state index < -0.39 is 12.0 Å². The minimum Gasteiger partial charge on any atom is -0.493 e. The second-order valence-electron chi connectivity index (χ2n) is 10.8. The molecule has 2 aliphatic heterocycles. The predicted octanol–water partition coefficient (Wildman–Crippen LogP) is 4.86. The standard InChI is InChI=1S/C35H35N3O5S/c1-5-43-34(40)30-31(24-11-7-6-8-12-24)36-35-38(32(30)25-14-16-27(41-3)28(21-25)42-4)33(39)29(44-35)20-23-13-15-26(22(2)19-23)37-17-9-10-18-37/h6-8,11-16,19-21,32H,5,9-10,17-18H2,1-4H3/b29-20+/t32-/m0/s1. The van der Waals surface area contributed by atoms with Crippen LogP contribution in [-0.2, 0) is 9.53 Å². The molecule has 0 radical (unpaired) electrons. The number of esters is 1. The third kappa shape index (κ3) is 5.43. The number of hydrogen-bond acceptors (Lipinski definition) is 8. The van der Waals surface area contributed by atoms with Gasteiger partial charge in [0.1, 0.15) is 0 Å². The van der Waals surface area contributed by atoms with Crippen molar-refractivity contribution in [3.05, 3.63) is 114 Å². The first-order valence-electron chi connectivity index (χ1n) is 14.8. The number of carbonyl (C=O) groups is 1. The monoisotopic (exact) mass is 609 g/mol. The number of benzene rings is 3. The van der Waals surface area contributed by atoms with Gasteiger partial charge in [-0.1, -0.05) is 53.8 Å². The van der Waals surface area contributed by atoms with Crippen LogP contribution in [0.3, 0.4) is 0 Å². The molecule has 1 aromatic heterocycles. The summed E-state index contributed by atoms with van der Waals surface area (Å²) >= 11 is 1.31. The lowest BCUT2D eigenvalue weighted by molar-refractivity contribution is -0.138. The Hall–Kier alpha value is -4.63.